The van der Waals surface area contributed by atoms with E-state index in [1.54, 1.807) is 0 Å². The standard InChI is InChI=1S/C16H26N4O/c1-2-3-11-4-6-12(7-5-11)15-18-14-8-9-21-10-13(14)16(19-15)20-17/h11-12H,2-10,17H2,1H3,(H,18,19,20). The van der Waals surface area contributed by atoms with E-state index in [-0.39, 0.29) is 0 Å². The molecule has 5 nitrogen and oxygen atoms in total. The number of ether oxygens (including phenoxy) is 1. The van der Waals surface area contributed by atoms with E-state index in [1.807, 2.05) is 0 Å². The summed E-state index contributed by atoms with van der Waals surface area (Å²) in [5, 5.41) is 0. The van der Waals surface area contributed by atoms with Gasteiger partial charge < -0.3 is 10.2 Å². The Morgan fingerprint density at radius 3 is 2.76 bits per heavy atom. The number of hydrogen-bond acceptors (Lipinski definition) is 5. The minimum atomic E-state index is 0.498. The van der Waals surface area contributed by atoms with Crippen molar-refractivity contribution in [3.63, 3.8) is 0 Å². The Bertz CT molecular complexity index is 466. The van der Waals surface area contributed by atoms with Crippen LogP contribution < -0.4 is 11.3 Å². The Hall–Kier alpha value is -1.20. The minimum absolute atomic E-state index is 0.498. The highest BCUT2D eigenvalue weighted by Gasteiger charge is 2.26. The number of nitrogens with zero attached hydrogens (tertiary/aromatic N) is 2. The molecule has 5 heteroatoms. The molecule has 0 saturated heterocycles. The molecule has 2 aliphatic rings. The second-order valence-electron chi connectivity index (χ2n) is 6.31. The summed E-state index contributed by atoms with van der Waals surface area (Å²) in [5.74, 6) is 8.78. The summed E-state index contributed by atoms with van der Waals surface area (Å²) >= 11 is 0. The molecule has 0 amide bonds. The monoisotopic (exact) mass is 290 g/mol. The van der Waals surface area contributed by atoms with Crippen molar-refractivity contribution in [1.82, 2.24) is 9.97 Å². The molecular weight excluding hydrogens is 264 g/mol. The van der Waals surface area contributed by atoms with Crippen LogP contribution in [0.15, 0.2) is 0 Å². The zero-order valence-corrected chi connectivity index (χ0v) is 12.9. The van der Waals surface area contributed by atoms with E-state index in [0.717, 1.165) is 41.8 Å². The van der Waals surface area contributed by atoms with E-state index in [1.165, 1.54) is 38.5 Å². The summed E-state index contributed by atoms with van der Waals surface area (Å²) < 4.78 is 5.49. The Balaban J connectivity index is 1.77. The van der Waals surface area contributed by atoms with Crippen LogP contribution in [0.5, 0.6) is 0 Å². The van der Waals surface area contributed by atoms with Crippen molar-refractivity contribution in [2.45, 2.75) is 64.4 Å². The first-order chi connectivity index (χ1) is 10.3. The molecule has 116 valence electrons. The van der Waals surface area contributed by atoms with Crippen molar-refractivity contribution in [2.24, 2.45) is 11.8 Å². The average Bonchev–Trinajstić information content (AvgIpc) is 2.55. The third-order valence-corrected chi connectivity index (χ3v) is 4.89. The first kappa shape index (κ1) is 14.7. The van der Waals surface area contributed by atoms with Crippen molar-refractivity contribution in [2.75, 3.05) is 12.0 Å². The van der Waals surface area contributed by atoms with Gasteiger partial charge in [0.05, 0.1) is 18.9 Å². The molecular formula is C16H26N4O. The quantitative estimate of drug-likeness (QED) is 0.659. The molecule has 1 aliphatic carbocycles. The highest BCUT2D eigenvalue weighted by molar-refractivity contribution is 5.46. The van der Waals surface area contributed by atoms with Crippen molar-refractivity contribution < 1.29 is 4.74 Å². The fourth-order valence-corrected chi connectivity index (χ4v) is 3.67. The molecule has 2 heterocycles. The van der Waals surface area contributed by atoms with E-state index < -0.39 is 0 Å². The Labute approximate surface area is 126 Å². The summed E-state index contributed by atoms with van der Waals surface area (Å²) in [6, 6.07) is 0. The maximum atomic E-state index is 5.64. The van der Waals surface area contributed by atoms with Crippen LogP contribution in [0.2, 0.25) is 0 Å². The van der Waals surface area contributed by atoms with Crippen LogP contribution in [0.4, 0.5) is 5.82 Å². The fraction of sp³-hybridized carbons (Fsp3) is 0.750. The molecule has 1 saturated carbocycles. The first-order valence-corrected chi connectivity index (χ1v) is 8.25. The third-order valence-electron chi connectivity index (χ3n) is 4.89. The van der Waals surface area contributed by atoms with Gasteiger partial charge in [-0.3, -0.25) is 0 Å². The van der Waals surface area contributed by atoms with Crippen LogP contribution in [0, 0.1) is 5.92 Å². The number of nitrogens with two attached hydrogens (primary N) is 1. The van der Waals surface area contributed by atoms with Gasteiger partial charge in [-0.05, 0) is 31.6 Å². The van der Waals surface area contributed by atoms with Crippen LogP contribution in [-0.4, -0.2) is 16.6 Å². The molecule has 1 fully saturated rings. The number of fused-ring (bicyclic) bond motifs is 1. The number of rotatable bonds is 4. The molecule has 1 aliphatic heterocycles. The zero-order chi connectivity index (χ0) is 14.7. The van der Waals surface area contributed by atoms with Gasteiger partial charge in [0.2, 0.25) is 0 Å². The molecule has 1 aromatic rings. The lowest BCUT2D eigenvalue weighted by Crippen LogP contribution is -2.22. The zero-order valence-electron chi connectivity index (χ0n) is 12.9. The third kappa shape index (κ3) is 3.19. The molecule has 3 N–H and O–H groups in total. The molecule has 0 aromatic carbocycles. The molecule has 1 aromatic heterocycles. The van der Waals surface area contributed by atoms with Gasteiger partial charge >= 0.3 is 0 Å². The minimum Gasteiger partial charge on any atom is -0.376 e. The maximum Gasteiger partial charge on any atom is 0.149 e. The fourth-order valence-electron chi connectivity index (χ4n) is 3.67. The summed E-state index contributed by atoms with van der Waals surface area (Å²) in [5.41, 5.74) is 4.89. The van der Waals surface area contributed by atoms with E-state index in [4.69, 9.17) is 15.6 Å². The van der Waals surface area contributed by atoms with Gasteiger partial charge in [-0.1, -0.05) is 19.8 Å². The summed E-state index contributed by atoms with van der Waals surface area (Å²) in [6.07, 6.45) is 8.58. The summed E-state index contributed by atoms with van der Waals surface area (Å²) in [7, 11) is 0. The Kier molecular flexibility index (Phi) is 4.70. The van der Waals surface area contributed by atoms with Crippen LogP contribution in [0.25, 0.3) is 0 Å². The van der Waals surface area contributed by atoms with Crippen molar-refractivity contribution in [3.05, 3.63) is 17.1 Å². The van der Waals surface area contributed by atoms with Crippen molar-refractivity contribution in [3.8, 4) is 0 Å². The second kappa shape index (κ2) is 6.71. The van der Waals surface area contributed by atoms with Gasteiger partial charge in [0, 0.05) is 17.9 Å². The normalized spacial score (nSPS) is 25.4. The average molecular weight is 290 g/mol. The largest absolute Gasteiger partial charge is 0.376 e. The van der Waals surface area contributed by atoms with Crippen molar-refractivity contribution >= 4 is 5.82 Å². The van der Waals surface area contributed by atoms with E-state index in [2.05, 4.69) is 17.3 Å². The number of hydrazine groups is 1. The van der Waals surface area contributed by atoms with Crippen LogP contribution in [0.1, 0.15) is 68.4 Å². The highest BCUT2D eigenvalue weighted by Crippen LogP contribution is 2.37. The van der Waals surface area contributed by atoms with Gasteiger partial charge in [0.15, 0.2) is 0 Å². The maximum absolute atomic E-state index is 5.64. The van der Waals surface area contributed by atoms with Gasteiger partial charge in [-0.2, -0.15) is 0 Å². The topological polar surface area (TPSA) is 73.1 Å². The highest BCUT2D eigenvalue weighted by atomic mass is 16.5. The molecule has 0 radical (unpaired) electrons. The first-order valence-electron chi connectivity index (χ1n) is 8.25. The molecule has 21 heavy (non-hydrogen) atoms. The molecule has 0 bridgehead atoms. The van der Waals surface area contributed by atoms with Gasteiger partial charge in [-0.25, -0.2) is 15.8 Å². The number of anilines is 1. The van der Waals surface area contributed by atoms with E-state index in [9.17, 15) is 0 Å². The summed E-state index contributed by atoms with van der Waals surface area (Å²) in [4.78, 5) is 9.50. The smallest absolute Gasteiger partial charge is 0.149 e. The number of hydrogen-bond donors (Lipinski definition) is 2. The lowest BCUT2D eigenvalue weighted by atomic mass is 9.79. The molecule has 3 rings (SSSR count). The lowest BCUT2D eigenvalue weighted by Gasteiger charge is -2.28. The summed E-state index contributed by atoms with van der Waals surface area (Å²) in [6.45, 7) is 3.59. The number of nitrogens with one attached hydrogen (secondary N) is 1. The van der Waals surface area contributed by atoms with Gasteiger partial charge in [-0.15, -0.1) is 0 Å². The second-order valence-corrected chi connectivity index (χ2v) is 6.31. The predicted molar refractivity (Wildman–Crippen MR) is 82.8 cm³/mol. The van der Waals surface area contributed by atoms with E-state index >= 15 is 0 Å². The van der Waals surface area contributed by atoms with Crippen LogP contribution >= 0.6 is 0 Å². The van der Waals surface area contributed by atoms with Gasteiger partial charge in [0.25, 0.3) is 0 Å². The SMILES string of the molecule is CCCC1CCC(c2nc3c(c(NN)n2)COCC3)CC1. The lowest BCUT2D eigenvalue weighted by molar-refractivity contribution is 0.109. The predicted octanol–water partition coefficient (Wildman–Crippen LogP) is 2.91. The van der Waals surface area contributed by atoms with E-state index in [0.29, 0.717) is 12.5 Å². The Morgan fingerprint density at radius 2 is 2.05 bits per heavy atom. The molecule has 0 unspecified atom stereocenters. The van der Waals surface area contributed by atoms with Crippen LogP contribution in [-0.2, 0) is 17.8 Å². The van der Waals surface area contributed by atoms with Gasteiger partial charge in [0.1, 0.15) is 11.6 Å². The van der Waals surface area contributed by atoms with Crippen molar-refractivity contribution in [1.29, 1.82) is 0 Å². The number of aromatic nitrogens is 2. The number of nitrogen functional groups attached to an aromatic ring is 1. The van der Waals surface area contributed by atoms with Crippen LogP contribution in [0.3, 0.4) is 0 Å². The molecule has 0 spiro atoms. The molecule has 0 atom stereocenters. The Morgan fingerprint density at radius 1 is 1.24 bits per heavy atom.